The Morgan fingerprint density at radius 1 is 0.606 bits per heavy atom. The molecule has 0 amide bonds. The van der Waals surface area contributed by atoms with Crippen molar-refractivity contribution < 1.29 is 14.6 Å². The Kier molecular flexibility index (Phi) is 4.85. The highest BCUT2D eigenvalue weighted by molar-refractivity contribution is 5.53. The topological polar surface area (TPSA) is 64.5 Å². The molecule has 2 aromatic heterocycles. The first-order chi connectivity index (χ1) is 15.7. The lowest BCUT2D eigenvalue weighted by Gasteiger charge is -2.31. The number of phenols is 1. The molecule has 5 heteroatoms. The highest BCUT2D eigenvalue weighted by Gasteiger charge is 2.34. The summed E-state index contributed by atoms with van der Waals surface area (Å²) in [6.45, 7) is 8.23. The summed E-state index contributed by atoms with van der Waals surface area (Å²) in [5.41, 5.74) is 2.05. The predicted molar refractivity (Wildman–Crippen MR) is 127 cm³/mol. The first-order valence-electron chi connectivity index (χ1n) is 11.0. The van der Waals surface area contributed by atoms with Gasteiger partial charge in [0.25, 0.3) is 0 Å². The van der Waals surface area contributed by atoms with Crippen LogP contribution >= 0.6 is 0 Å². The summed E-state index contributed by atoms with van der Waals surface area (Å²) in [5, 5.41) is 11.5. The molecule has 0 aliphatic carbocycles. The number of aromatic nitrogens is 2. The summed E-state index contributed by atoms with van der Waals surface area (Å²) in [7, 11) is 0. The SMILES string of the molecule is CC1(C)c2cccc(n2)Oc2cccc(c2)Oc2cccc(n2)C(C)(C)c2cccc1c2O. The number of fused-ring (bicyclic) bond motifs is 8. The van der Waals surface area contributed by atoms with E-state index in [-0.39, 0.29) is 5.75 Å². The molecule has 1 aliphatic heterocycles. The van der Waals surface area contributed by atoms with E-state index in [0.29, 0.717) is 23.3 Å². The van der Waals surface area contributed by atoms with E-state index < -0.39 is 10.8 Å². The zero-order valence-corrected chi connectivity index (χ0v) is 19.2. The molecule has 1 N–H and O–H groups in total. The lowest BCUT2D eigenvalue weighted by molar-refractivity contribution is 0.417. The number of phenolic OH excluding ortho intramolecular Hbond substituents is 1. The Morgan fingerprint density at radius 3 is 1.52 bits per heavy atom. The van der Waals surface area contributed by atoms with Crippen LogP contribution in [0.4, 0.5) is 0 Å². The minimum absolute atomic E-state index is 0.242. The maximum Gasteiger partial charge on any atom is 0.219 e. The van der Waals surface area contributed by atoms with Crippen LogP contribution < -0.4 is 9.47 Å². The molecule has 4 aromatic rings. The van der Waals surface area contributed by atoms with Crippen LogP contribution in [-0.2, 0) is 10.8 Å². The fraction of sp³-hybridized carbons (Fsp3) is 0.214. The minimum atomic E-state index is -0.563. The van der Waals surface area contributed by atoms with Crippen molar-refractivity contribution in [3.05, 3.63) is 101 Å². The van der Waals surface area contributed by atoms with Crippen molar-refractivity contribution in [2.75, 3.05) is 0 Å². The number of ether oxygens (including phenoxy) is 2. The van der Waals surface area contributed by atoms with E-state index in [1.54, 1.807) is 0 Å². The number of hydrogen-bond acceptors (Lipinski definition) is 5. The largest absolute Gasteiger partial charge is 0.507 e. The molecule has 0 saturated heterocycles. The molecule has 5 nitrogen and oxygen atoms in total. The van der Waals surface area contributed by atoms with Gasteiger partial charge in [-0.3, -0.25) is 0 Å². The van der Waals surface area contributed by atoms with Crippen molar-refractivity contribution >= 4 is 0 Å². The van der Waals surface area contributed by atoms with Crippen molar-refractivity contribution in [3.8, 4) is 29.0 Å². The Labute approximate surface area is 193 Å². The van der Waals surface area contributed by atoms with Crippen LogP contribution in [0.2, 0.25) is 0 Å². The molecule has 0 saturated carbocycles. The highest BCUT2D eigenvalue weighted by atomic mass is 16.5. The maximum atomic E-state index is 11.5. The molecule has 3 heterocycles. The summed E-state index contributed by atoms with van der Waals surface area (Å²) in [4.78, 5) is 9.55. The zero-order valence-electron chi connectivity index (χ0n) is 19.2. The highest BCUT2D eigenvalue weighted by Crippen LogP contribution is 2.44. The molecule has 8 bridgehead atoms. The number of para-hydroxylation sites is 1. The molecule has 0 radical (unpaired) electrons. The molecular weight excluding hydrogens is 412 g/mol. The summed E-state index contributed by atoms with van der Waals surface area (Å²) >= 11 is 0. The quantitative estimate of drug-likeness (QED) is 0.330. The molecule has 166 valence electrons. The van der Waals surface area contributed by atoms with Gasteiger partial charge in [0.2, 0.25) is 11.8 Å². The first-order valence-corrected chi connectivity index (χ1v) is 11.0. The van der Waals surface area contributed by atoms with E-state index in [4.69, 9.17) is 19.4 Å². The Bertz CT molecular complexity index is 1250. The van der Waals surface area contributed by atoms with Crippen LogP contribution in [0.25, 0.3) is 0 Å². The molecule has 0 spiro atoms. The van der Waals surface area contributed by atoms with E-state index in [2.05, 4.69) is 27.7 Å². The van der Waals surface area contributed by atoms with Crippen molar-refractivity contribution in [1.29, 1.82) is 0 Å². The number of rotatable bonds is 0. The third-order valence-corrected chi connectivity index (χ3v) is 6.36. The molecular formula is C28H26N2O3. The van der Waals surface area contributed by atoms with Crippen LogP contribution in [0, 0.1) is 0 Å². The van der Waals surface area contributed by atoms with Crippen LogP contribution in [0.1, 0.15) is 50.2 Å². The zero-order chi connectivity index (χ0) is 23.2. The number of pyridine rings is 2. The number of benzene rings is 2. The van der Waals surface area contributed by atoms with E-state index in [9.17, 15) is 5.11 Å². The fourth-order valence-corrected chi connectivity index (χ4v) is 4.31. The van der Waals surface area contributed by atoms with Gasteiger partial charge in [0.1, 0.15) is 17.2 Å². The van der Waals surface area contributed by atoms with Gasteiger partial charge < -0.3 is 14.6 Å². The Morgan fingerprint density at radius 2 is 1.03 bits per heavy atom. The molecule has 5 rings (SSSR count). The van der Waals surface area contributed by atoms with E-state index in [0.717, 1.165) is 22.5 Å². The smallest absolute Gasteiger partial charge is 0.219 e. The van der Waals surface area contributed by atoms with Gasteiger partial charge >= 0.3 is 0 Å². The van der Waals surface area contributed by atoms with Crippen LogP contribution in [0.5, 0.6) is 29.0 Å². The Hall–Kier alpha value is -3.86. The van der Waals surface area contributed by atoms with Gasteiger partial charge in [-0.25, -0.2) is 9.97 Å². The number of aromatic hydroxyl groups is 1. The Balaban J connectivity index is 1.77. The van der Waals surface area contributed by atoms with Gasteiger partial charge in [0.15, 0.2) is 0 Å². The maximum absolute atomic E-state index is 11.5. The van der Waals surface area contributed by atoms with Gasteiger partial charge in [0, 0.05) is 40.2 Å². The summed E-state index contributed by atoms with van der Waals surface area (Å²) in [6.07, 6.45) is 0. The third kappa shape index (κ3) is 3.69. The van der Waals surface area contributed by atoms with Crippen molar-refractivity contribution in [3.63, 3.8) is 0 Å². The van der Waals surface area contributed by atoms with E-state index >= 15 is 0 Å². The van der Waals surface area contributed by atoms with Crippen LogP contribution in [-0.4, -0.2) is 15.1 Å². The standard InChI is InChI=1S/C28H26N2O3/c1-27(2)20-11-6-12-21(26(20)31)28(3,4)23-14-8-16-25(30-23)33-19-10-5-9-18(17-19)32-24-15-7-13-22(27)29-24/h5-17,31H,1-4H3. The number of hydrogen-bond donors (Lipinski definition) is 1. The van der Waals surface area contributed by atoms with E-state index in [1.165, 1.54) is 0 Å². The second-order valence-electron chi connectivity index (χ2n) is 9.35. The predicted octanol–water partition coefficient (Wildman–Crippen LogP) is 6.73. The third-order valence-electron chi connectivity index (χ3n) is 6.36. The van der Waals surface area contributed by atoms with Crippen LogP contribution in [0.3, 0.4) is 0 Å². The van der Waals surface area contributed by atoms with Gasteiger partial charge in [-0.2, -0.15) is 0 Å². The van der Waals surface area contributed by atoms with Crippen molar-refractivity contribution in [1.82, 2.24) is 9.97 Å². The molecule has 0 atom stereocenters. The molecule has 0 fully saturated rings. The lowest BCUT2D eigenvalue weighted by Crippen LogP contribution is -2.25. The molecule has 1 aliphatic rings. The average Bonchev–Trinajstić information content (AvgIpc) is 2.79. The normalized spacial score (nSPS) is 15.8. The van der Waals surface area contributed by atoms with E-state index in [1.807, 2.05) is 78.9 Å². The van der Waals surface area contributed by atoms with Crippen molar-refractivity contribution in [2.45, 2.75) is 38.5 Å². The van der Waals surface area contributed by atoms with Crippen LogP contribution in [0.15, 0.2) is 78.9 Å². The summed E-state index contributed by atoms with van der Waals surface area (Å²) in [5.74, 6) is 2.42. The summed E-state index contributed by atoms with van der Waals surface area (Å²) < 4.78 is 12.1. The van der Waals surface area contributed by atoms with Gasteiger partial charge in [-0.1, -0.05) is 64.1 Å². The average molecular weight is 439 g/mol. The van der Waals surface area contributed by atoms with Gasteiger partial charge in [-0.05, 0) is 24.3 Å². The first kappa shape index (κ1) is 21.0. The molecule has 33 heavy (non-hydrogen) atoms. The van der Waals surface area contributed by atoms with Gasteiger partial charge in [-0.15, -0.1) is 0 Å². The monoisotopic (exact) mass is 438 g/mol. The van der Waals surface area contributed by atoms with Gasteiger partial charge in [0.05, 0.1) is 11.4 Å². The lowest BCUT2D eigenvalue weighted by atomic mass is 9.75. The second kappa shape index (κ2) is 7.62. The van der Waals surface area contributed by atoms with Crippen molar-refractivity contribution in [2.24, 2.45) is 0 Å². The molecule has 0 unspecified atom stereocenters. The number of nitrogens with zero attached hydrogens (tertiary/aromatic N) is 2. The molecule has 2 aromatic carbocycles. The second-order valence-corrected chi connectivity index (χ2v) is 9.35. The minimum Gasteiger partial charge on any atom is -0.507 e. The fourth-order valence-electron chi connectivity index (χ4n) is 4.31. The summed E-state index contributed by atoms with van der Waals surface area (Å²) in [6, 6.07) is 24.7.